The van der Waals surface area contributed by atoms with Crippen molar-refractivity contribution in [3.05, 3.63) is 23.2 Å². The lowest BCUT2D eigenvalue weighted by molar-refractivity contribution is 0.333. The Morgan fingerprint density at radius 2 is 1.84 bits per heavy atom. The van der Waals surface area contributed by atoms with E-state index in [-0.39, 0.29) is 29.0 Å². The molecular formula is C14H22ClN5O4S. The Labute approximate surface area is 152 Å². The first kappa shape index (κ1) is 19.8. The topological polar surface area (TPSA) is 137 Å². The van der Waals surface area contributed by atoms with Gasteiger partial charge in [-0.2, -0.15) is 9.71 Å². The molecule has 0 bridgehead atoms. The molecule has 0 aromatic carbocycles. The average Bonchev–Trinajstić information content (AvgIpc) is 3.19. The Hall–Kier alpha value is -1.49. The molecule has 3 rings (SSSR count). The van der Waals surface area contributed by atoms with Crippen LogP contribution in [0.5, 0.6) is 0 Å². The molecule has 0 aliphatic heterocycles. The van der Waals surface area contributed by atoms with Gasteiger partial charge in [-0.25, -0.2) is 8.42 Å². The lowest BCUT2D eigenvalue weighted by Crippen LogP contribution is -2.34. The van der Waals surface area contributed by atoms with E-state index in [9.17, 15) is 8.42 Å². The zero-order chi connectivity index (χ0) is 17.5. The van der Waals surface area contributed by atoms with Crippen molar-refractivity contribution in [1.82, 2.24) is 20.0 Å². The largest absolute Gasteiger partial charge is 0.360 e. The molecule has 2 heterocycles. The average molecular weight is 392 g/mol. The van der Waals surface area contributed by atoms with Gasteiger partial charge in [0, 0.05) is 0 Å². The summed E-state index contributed by atoms with van der Waals surface area (Å²) in [6, 6.07) is -0.699. The lowest BCUT2D eigenvalue weighted by atomic mass is 9.99. The molecule has 0 spiro atoms. The number of rotatable bonds is 5. The first-order valence-electron chi connectivity index (χ1n) is 7.81. The first-order chi connectivity index (χ1) is 11.2. The van der Waals surface area contributed by atoms with E-state index >= 15 is 0 Å². The minimum absolute atomic E-state index is 0. The highest BCUT2D eigenvalue weighted by Crippen LogP contribution is 2.35. The van der Waals surface area contributed by atoms with E-state index in [2.05, 4.69) is 20.0 Å². The van der Waals surface area contributed by atoms with Gasteiger partial charge in [0.1, 0.15) is 10.6 Å². The SMILES string of the molecule is Cc1noc(C)c1S(=O)(=O)NC(C)c1nc(C2(N)CCCC2)no1.Cl. The zero-order valence-corrected chi connectivity index (χ0v) is 15.9. The van der Waals surface area contributed by atoms with Crippen LogP contribution in [0.15, 0.2) is 13.9 Å². The van der Waals surface area contributed by atoms with Crippen molar-refractivity contribution in [2.75, 3.05) is 0 Å². The Bertz CT molecular complexity index is 822. The highest BCUT2D eigenvalue weighted by molar-refractivity contribution is 7.89. The molecule has 1 fully saturated rings. The molecule has 1 saturated carbocycles. The molecule has 2 aromatic rings. The maximum atomic E-state index is 12.5. The number of aryl methyl sites for hydroxylation is 2. The number of sulfonamides is 1. The fraction of sp³-hybridized carbons (Fsp3) is 0.643. The molecular weight excluding hydrogens is 370 g/mol. The molecule has 1 aliphatic carbocycles. The summed E-state index contributed by atoms with van der Waals surface area (Å²) in [5, 5.41) is 7.61. The Morgan fingerprint density at radius 1 is 1.20 bits per heavy atom. The molecule has 140 valence electrons. The Morgan fingerprint density at radius 3 is 2.40 bits per heavy atom. The number of halogens is 1. The van der Waals surface area contributed by atoms with Gasteiger partial charge in [-0.1, -0.05) is 23.2 Å². The maximum absolute atomic E-state index is 12.5. The summed E-state index contributed by atoms with van der Waals surface area (Å²) in [5.74, 6) is 0.834. The summed E-state index contributed by atoms with van der Waals surface area (Å²) in [5.41, 5.74) is 6.01. The van der Waals surface area contributed by atoms with E-state index < -0.39 is 21.6 Å². The van der Waals surface area contributed by atoms with E-state index in [0.717, 1.165) is 25.7 Å². The third kappa shape index (κ3) is 3.71. The van der Waals surface area contributed by atoms with Crippen LogP contribution in [0, 0.1) is 13.8 Å². The molecule has 1 unspecified atom stereocenters. The molecule has 3 N–H and O–H groups in total. The summed E-state index contributed by atoms with van der Waals surface area (Å²) >= 11 is 0. The third-order valence-corrected chi connectivity index (χ3v) is 6.11. The van der Waals surface area contributed by atoms with E-state index in [1.54, 1.807) is 20.8 Å². The van der Waals surface area contributed by atoms with Crippen LogP contribution in [0.4, 0.5) is 0 Å². The molecule has 0 amide bonds. The van der Waals surface area contributed by atoms with Crippen molar-refractivity contribution in [1.29, 1.82) is 0 Å². The van der Waals surface area contributed by atoms with E-state index in [1.165, 1.54) is 0 Å². The van der Waals surface area contributed by atoms with Crippen LogP contribution >= 0.6 is 12.4 Å². The lowest BCUT2D eigenvalue weighted by Gasteiger charge is -2.17. The normalized spacial score (nSPS) is 18.1. The van der Waals surface area contributed by atoms with Crippen LogP contribution in [0.25, 0.3) is 0 Å². The Balaban J connectivity index is 0.00000225. The highest BCUT2D eigenvalue weighted by atomic mass is 35.5. The number of nitrogens with one attached hydrogen (secondary N) is 1. The summed E-state index contributed by atoms with van der Waals surface area (Å²) < 4.78 is 37.7. The Kier molecular flexibility index (Phi) is 5.57. The number of nitrogens with zero attached hydrogens (tertiary/aromatic N) is 3. The van der Waals surface area contributed by atoms with Crippen molar-refractivity contribution >= 4 is 22.4 Å². The highest BCUT2D eigenvalue weighted by Gasteiger charge is 2.37. The van der Waals surface area contributed by atoms with Crippen molar-refractivity contribution in [3.63, 3.8) is 0 Å². The van der Waals surface area contributed by atoms with Gasteiger partial charge in [0.05, 0.1) is 11.6 Å². The van der Waals surface area contributed by atoms with Gasteiger partial charge in [-0.05, 0) is 33.6 Å². The van der Waals surface area contributed by atoms with Gasteiger partial charge in [0.15, 0.2) is 11.6 Å². The number of hydrogen-bond acceptors (Lipinski definition) is 8. The van der Waals surface area contributed by atoms with E-state index in [4.69, 9.17) is 14.8 Å². The van der Waals surface area contributed by atoms with Gasteiger partial charge in [-0.3, -0.25) is 0 Å². The second-order valence-corrected chi connectivity index (χ2v) is 7.97. The van der Waals surface area contributed by atoms with Crippen molar-refractivity contribution in [2.45, 2.75) is 62.9 Å². The van der Waals surface area contributed by atoms with Crippen LogP contribution < -0.4 is 10.5 Å². The van der Waals surface area contributed by atoms with Gasteiger partial charge in [0.25, 0.3) is 0 Å². The summed E-state index contributed by atoms with van der Waals surface area (Å²) in [6.07, 6.45) is 3.64. The number of aromatic nitrogens is 3. The van der Waals surface area contributed by atoms with Gasteiger partial charge in [-0.15, -0.1) is 12.4 Å². The smallest absolute Gasteiger partial charge is 0.246 e. The second kappa shape index (κ2) is 7.02. The van der Waals surface area contributed by atoms with Crippen LogP contribution in [0.3, 0.4) is 0 Å². The summed E-state index contributed by atoms with van der Waals surface area (Å²) in [6.45, 7) is 4.74. The molecule has 2 aromatic heterocycles. The van der Waals surface area contributed by atoms with Crippen LogP contribution in [-0.2, 0) is 15.6 Å². The molecule has 0 radical (unpaired) electrons. The molecule has 1 atom stereocenters. The monoisotopic (exact) mass is 391 g/mol. The summed E-state index contributed by atoms with van der Waals surface area (Å²) in [4.78, 5) is 4.33. The molecule has 25 heavy (non-hydrogen) atoms. The first-order valence-corrected chi connectivity index (χ1v) is 9.29. The van der Waals surface area contributed by atoms with Crippen molar-refractivity contribution < 1.29 is 17.5 Å². The van der Waals surface area contributed by atoms with Crippen LogP contribution in [0.1, 0.15) is 61.8 Å². The third-order valence-electron chi connectivity index (χ3n) is 4.32. The standard InChI is InChI=1S/C14H21N5O4S.ClH/c1-8-11(10(3)22-17-8)24(20,21)19-9(2)12-16-13(18-23-12)14(15)6-4-5-7-14;/h9,19H,4-7,15H2,1-3H3;1H. The van der Waals surface area contributed by atoms with Gasteiger partial charge >= 0.3 is 0 Å². The molecule has 9 nitrogen and oxygen atoms in total. The minimum atomic E-state index is -3.82. The van der Waals surface area contributed by atoms with Crippen molar-refractivity contribution in [2.24, 2.45) is 5.73 Å². The maximum Gasteiger partial charge on any atom is 0.246 e. The number of hydrogen-bond donors (Lipinski definition) is 2. The minimum Gasteiger partial charge on any atom is -0.360 e. The zero-order valence-electron chi connectivity index (χ0n) is 14.3. The predicted octanol–water partition coefficient (Wildman–Crippen LogP) is 1.86. The molecule has 11 heteroatoms. The fourth-order valence-corrected chi connectivity index (χ4v) is 4.57. The fourth-order valence-electron chi connectivity index (χ4n) is 3.04. The van der Waals surface area contributed by atoms with Crippen LogP contribution in [0.2, 0.25) is 0 Å². The van der Waals surface area contributed by atoms with Crippen LogP contribution in [-0.4, -0.2) is 23.7 Å². The summed E-state index contributed by atoms with van der Waals surface area (Å²) in [7, 11) is -3.82. The van der Waals surface area contributed by atoms with Gasteiger partial charge < -0.3 is 14.8 Å². The van der Waals surface area contributed by atoms with E-state index in [1.807, 2.05) is 0 Å². The second-order valence-electron chi connectivity index (χ2n) is 6.32. The molecule has 1 aliphatic rings. The van der Waals surface area contributed by atoms with Crippen molar-refractivity contribution in [3.8, 4) is 0 Å². The quantitative estimate of drug-likeness (QED) is 0.787. The van der Waals surface area contributed by atoms with E-state index in [0.29, 0.717) is 11.5 Å². The number of nitrogens with two attached hydrogens (primary N) is 1. The predicted molar refractivity (Wildman–Crippen MR) is 90.6 cm³/mol. The van der Waals surface area contributed by atoms with Gasteiger partial charge in [0.2, 0.25) is 15.9 Å². The molecule has 0 saturated heterocycles.